The Hall–Kier alpha value is -8.17. The van der Waals surface area contributed by atoms with Crippen LogP contribution in [-0.4, -0.2) is 27.5 Å². The zero-order valence-electron chi connectivity index (χ0n) is 50.6. The van der Waals surface area contributed by atoms with E-state index in [9.17, 15) is 0 Å². The summed E-state index contributed by atoms with van der Waals surface area (Å²) in [6, 6.07) is 97.4. The van der Waals surface area contributed by atoms with Gasteiger partial charge in [-0.3, -0.25) is 0 Å². The second-order valence-corrected chi connectivity index (χ2v) is 30.3. The molecule has 1 fully saturated rings. The number of aromatic nitrogens is 2. The lowest BCUT2D eigenvalue weighted by molar-refractivity contribution is 0.00578. The number of fused-ring (bicyclic) bond motifs is 16. The van der Waals surface area contributed by atoms with Gasteiger partial charge in [0.1, 0.15) is 0 Å². The van der Waals surface area contributed by atoms with Crippen molar-refractivity contribution in [3.05, 3.63) is 279 Å². The van der Waals surface area contributed by atoms with E-state index in [1.165, 1.54) is 147 Å². The Kier molecular flexibility index (Phi) is 14.1. The van der Waals surface area contributed by atoms with Crippen LogP contribution in [0.3, 0.4) is 0 Å². The molecule has 0 N–H and O–H groups in total. The Morgan fingerprint density at radius 3 is 1.26 bits per heavy atom. The van der Waals surface area contributed by atoms with Crippen molar-refractivity contribution in [2.45, 2.75) is 38.9 Å². The Balaban J connectivity index is 0.000000116. The molecule has 0 saturated carbocycles. The molecule has 10 heteroatoms. The van der Waals surface area contributed by atoms with Gasteiger partial charge in [0.25, 0.3) is 0 Å². The fourth-order valence-electron chi connectivity index (χ4n) is 13.6. The lowest BCUT2D eigenvalue weighted by Crippen LogP contribution is -2.41. The molecule has 0 amide bonds. The molecule has 0 radical (unpaired) electrons. The van der Waals surface area contributed by atoms with E-state index in [2.05, 4.69) is 358 Å². The van der Waals surface area contributed by atoms with Gasteiger partial charge < -0.3 is 18.4 Å². The van der Waals surface area contributed by atoms with Crippen LogP contribution < -0.4 is 5.46 Å². The average Bonchev–Trinajstić information content (AvgIpc) is 1.58. The van der Waals surface area contributed by atoms with E-state index in [0.717, 1.165) is 20.1 Å². The molecule has 14 aromatic carbocycles. The molecular weight excluding hydrogens is 1410 g/mol. The molecule has 0 spiro atoms. The monoisotopic (exact) mass is 1460 g/mol. The standard InChI is InChI=1S/C38H22BrNS.C32H28BNO2.C12H6BrIS/c39-29-12-16-37-34(22-29)31-14-10-28(21-38(31)41-37)27-11-15-35-32(19-27)33-18-25-7-3-4-8-26(25)20-36(33)40(35)30-13-9-23-5-1-2-6-24(23)17-30;1-31(2)32(3,4)36-33(35-31)25-14-16-29-28(20-25)27-18-23-11-7-8-12-24(23)19-30(27)34(29)26-15-13-21-9-5-6-10-22(21)17-26;13-7-1-4-11-10(5-7)9-3-2-8(14)6-12(9)15-11/h1-22H;5-20H,1-4H3;1-6H. The van der Waals surface area contributed by atoms with Gasteiger partial charge in [-0.2, -0.15) is 0 Å². The number of halogens is 3. The van der Waals surface area contributed by atoms with Crippen LogP contribution in [0.25, 0.3) is 150 Å². The molecule has 0 atom stereocenters. The first-order valence-electron chi connectivity index (χ1n) is 30.9. The largest absolute Gasteiger partial charge is 0.494 e. The SMILES string of the molecule is Brc1ccc2sc3cc(-c4ccc5c(c4)c4cc6ccccc6cc4n5-c4ccc5ccccc5c4)ccc3c2c1.Brc1ccc2sc3cc(I)ccc3c2c1.CC1(C)OB(c2ccc3c(c2)c2cc4ccccc4cc2n3-c2ccc3ccccc3c2)OC1(C)C. The van der Waals surface area contributed by atoms with Gasteiger partial charge in [0, 0.05) is 85.8 Å². The van der Waals surface area contributed by atoms with Crippen molar-refractivity contribution >= 4 is 217 Å². The lowest BCUT2D eigenvalue weighted by atomic mass is 9.78. The van der Waals surface area contributed by atoms with Crippen molar-refractivity contribution in [1.29, 1.82) is 0 Å². The highest BCUT2D eigenvalue weighted by Gasteiger charge is 2.51. The number of rotatable bonds is 4. The summed E-state index contributed by atoms with van der Waals surface area (Å²) >= 11 is 13.2. The summed E-state index contributed by atoms with van der Waals surface area (Å²) < 4.78 is 26.5. The summed E-state index contributed by atoms with van der Waals surface area (Å²) in [6.45, 7) is 8.40. The summed E-state index contributed by atoms with van der Waals surface area (Å²) in [7, 11) is -0.390. The van der Waals surface area contributed by atoms with Crippen LogP contribution in [0.1, 0.15) is 27.7 Å². The molecule has 5 heterocycles. The summed E-state index contributed by atoms with van der Waals surface area (Å²) in [5.74, 6) is 0. The van der Waals surface area contributed by atoms with Gasteiger partial charge in [-0.25, -0.2) is 0 Å². The Bertz CT molecular complexity index is 6040. The highest BCUT2D eigenvalue weighted by atomic mass is 127. The maximum atomic E-state index is 6.39. The van der Waals surface area contributed by atoms with Crippen LogP contribution in [-0.2, 0) is 9.31 Å². The second-order valence-electron chi connectivity index (χ2n) is 25.1. The first kappa shape index (κ1) is 57.7. The lowest BCUT2D eigenvalue weighted by Gasteiger charge is -2.32. The number of nitrogens with zero attached hydrogens (tertiary/aromatic N) is 2. The molecule has 0 aliphatic carbocycles. The third-order valence-corrected chi connectivity index (χ3v) is 22.9. The predicted molar refractivity (Wildman–Crippen MR) is 413 cm³/mol. The molecule has 1 saturated heterocycles. The quantitative estimate of drug-likeness (QED) is 0.130. The molecule has 4 aromatic heterocycles. The minimum Gasteiger partial charge on any atom is -0.399 e. The number of hydrogen-bond acceptors (Lipinski definition) is 4. The maximum absolute atomic E-state index is 6.39. The van der Waals surface area contributed by atoms with E-state index in [4.69, 9.17) is 9.31 Å². The van der Waals surface area contributed by atoms with E-state index >= 15 is 0 Å². The van der Waals surface area contributed by atoms with Crippen molar-refractivity contribution in [2.24, 2.45) is 0 Å². The molecule has 1 aliphatic rings. The van der Waals surface area contributed by atoms with E-state index in [-0.39, 0.29) is 18.3 Å². The zero-order valence-corrected chi connectivity index (χ0v) is 57.6. The van der Waals surface area contributed by atoms with Gasteiger partial charge in [0.2, 0.25) is 0 Å². The Labute approximate surface area is 570 Å². The van der Waals surface area contributed by atoms with Crippen molar-refractivity contribution < 1.29 is 9.31 Å². The van der Waals surface area contributed by atoms with Gasteiger partial charge in [-0.15, -0.1) is 22.7 Å². The number of hydrogen-bond donors (Lipinski definition) is 0. The molecule has 0 unspecified atom stereocenters. The first-order valence-corrected chi connectivity index (χ1v) is 35.2. The fraction of sp³-hybridized carbons (Fsp3) is 0.0732. The molecule has 18 aromatic rings. The topological polar surface area (TPSA) is 28.3 Å². The van der Waals surface area contributed by atoms with Crippen LogP contribution in [0.15, 0.2) is 276 Å². The highest BCUT2D eigenvalue weighted by molar-refractivity contribution is 14.1. The summed E-state index contributed by atoms with van der Waals surface area (Å²) in [5.41, 5.74) is 9.97. The van der Waals surface area contributed by atoms with E-state index in [0.29, 0.717) is 0 Å². The van der Waals surface area contributed by atoms with Gasteiger partial charge in [-0.05, 0) is 231 Å². The molecule has 1 aliphatic heterocycles. The number of thiophene rings is 2. The minimum atomic E-state index is -0.390. The molecule has 442 valence electrons. The molecule has 0 bridgehead atoms. The molecule has 19 rings (SSSR count). The van der Waals surface area contributed by atoms with Crippen LogP contribution in [0.4, 0.5) is 0 Å². The number of benzene rings is 14. The molecular formula is C82H56BBr2IN2O2S2. The van der Waals surface area contributed by atoms with Crippen molar-refractivity contribution in [3.63, 3.8) is 0 Å². The summed E-state index contributed by atoms with van der Waals surface area (Å²) in [5, 5.41) is 20.3. The summed E-state index contributed by atoms with van der Waals surface area (Å²) in [6.07, 6.45) is 0. The van der Waals surface area contributed by atoms with E-state index in [1.807, 2.05) is 22.7 Å². The third kappa shape index (κ3) is 10.0. The normalized spacial score (nSPS) is 13.9. The van der Waals surface area contributed by atoms with Crippen molar-refractivity contribution in [3.8, 4) is 22.5 Å². The zero-order chi connectivity index (χ0) is 62.1. The van der Waals surface area contributed by atoms with Crippen LogP contribution in [0, 0.1) is 3.57 Å². The first-order chi connectivity index (χ1) is 44.7. The van der Waals surface area contributed by atoms with E-state index < -0.39 is 0 Å². The fourth-order valence-corrected chi connectivity index (χ4v) is 17.3. The Morgan fingerprint density at radius 2 is 0.739 bits per heavy atom. The third-order valence-electron chi connectivity index (χ3n) is 19.0. The van der Waals surface area contributed by atoms with E-state index in [1.54, 1.807) is 0 Å². The maximum Gasteiger partial charge on any atom is 0.494 e. The van der Waals surface area contributed by atoms with Crippen molar-refractivity contribution in [2.75, 3.05) is 0 Å². The average molecular weight is 1460 g/mol. The van der Waals surface area contributed by atoms with Crippen molar-refractivity contribution in [1.82, 2.24) is 9.13 Å². The second kappa shape index (κ2) is 22.6. The minimum absolute atomic E-state index is 0.373. The van der Waals surface area contributed by atoms with Gasteiger partial charge in [-0.1, -0.05) is 177 Å². The predicted octanol–water partition coefficient (Wildman–Crippen LogP) is 24.7. The van der Waals surface area contributed by atoms with Crippen LogP contribution >= 0.6 is 77.1 Å². The van der Waals surface area contributed by atoms with Crippen LogP contribution in [0.2, 0.25) is 0 Å². The van der Waals surface area contributed by atoms with Gasteiger partial charge >= 0.3 is 7.12 Å². The molecule has 4 nitrogen and oxygen atoms in total. The Morgan fingerprint density at radius 1 is 0.326 bits per heavy atom. The molecule has 92 heavy (non-hydrogen) atoms. The smallest absolute Gasteiger partial charge is 0.399 e. The van der Waals surface area contributed by atoms with Gasteiger partial charge in [0.05, 0.1) is 33.3 Å². The summed E-state index contributed by atoms with van der Waals surface area (Å²) in [4.78, 5) is 0. The van der Waals surface area contributed by atoms with Crippen LogP contribution in [0.5, 0.6) is 0 Å². The van der Waals surface area contributed by atoms with Gasteiger partial charge in [0.15, 0.2) is 0 Å². The highest BCUT2D eigenvalue weighted by Crippen LogP contribution is 2.43.